The smallest absolute Gasteiger partial charge is 0.288 e. The molecular weight excluding hydrogens is 210 g/mol. The van der Waals surface area contributed by atoms with E-state index < -0.39 is 5.91 Å². The van der Waals surface area contributed by atoms with E-state index in [4.69, 9.17) is 0 Å². The summed E-state index contributed by atoms with van der Waals surface area (Å²) in [6.07, 6.45) is 2.05. The van der Waals surface area contributed by atoms with Crippen LogP contribution in [0.25, 0.3) is 0 Å². The fourth-order valence-electron chi connectivity index (χ4n) is 1.12. The Morgan fingerprint density at radius 2 is 2.44 bits per heavy atom. The fraction of sp³-hybridized carbons (Fsp3) is 0.375. The number of aromatic amines is 1. The summed E-state index contributed by atoms with van der Waals surface area (Å²) in [5.74, 6) is 0.711. The first-order chi connectivity index (χ1) is 7.70. The standard InChI is InChI=1S/C8H11N7O/c1-3-5-11-6(14-13-5)7(16)12-8-9-4-10-15(8)2/h4H,3H2,1-2H3,(H,11,13,14)(H,9,10,12,16). The van der Waals surface area contributed by atoms with Crippen LogP contribution in [-0.4, -0.2) is 35.9 Å². The number of aryl methyl sites for hydroxylation is 2. The van der Waals surface area contributed by atoms with Crippen LogP contribution >= 0.6 is 0 Å². The summed E-state index contributed by atoms with van der Waals surface area (Å²) >= 11 is 0. The molecule has 0 aliphatic rings. The Labute approximate surface area is 91.1 Å². The molecule has 2 aromatic heterocycles. The molecule has 8 heteroatoms. The highest BCUT2D eigenvalue weighted by Crippen LogP contribution is 2.01. The highest BCUT2D eigenvalue weighted by Gasteiger charge is 2.14. The maximum Gasteiger partial charge on any atom is 0.297 e. The second-order valence-electron chi connectivity index (χ2n) is 3.12. The average molecular weight is 221 g/mol. The lowest BCUT2D eigenvalue weighted by atomic mass is 10.5. The summed E-state index contributed by atoms with van der Waals surface area (Å²) in [7, 11) is 1.68. The van der Waals surface area contributed by atoms with E-state index in [1.165, 1.54) is 11.0 Å². The Bertz CT molecular complexity index is 500. The molecule has 0 aliphatic carbocycles. The Hall–Kier alpha value is -2.25. The van der Waals surface area contributed by atoms with Gasteiger partial charge in [0, 0.05) is 13.5 Å². The van der Waals surface area contributed by atoms with Crippen LogP contribution in [0.1, 0.15) is 23.4 Å². The van der Waals surface area contributed by atoms with Crippen molar-refractivity contribution in [2.24, 2.45) is 7.05 Å². The third-order valence-corrected chi connectivity index (χ3v) is 2.01. The minimum absolute atomic E-state index is 0.0971. The molecule has 2 rings (SSSR count). The summed E-state index contributed by atoms with van der Waals surface area (Å²) in [5, 5.41) is 12.8. The molecule has 8 nitrogen and oxygen atoms in total. The molecule has 84 valence electrons. The Kier molecular flexibility index (Phi) is 2.63. The molecule has 2 aromatic rings. The number of nitrogens with one attached hydrogen (secondary N) is 2. The lowest BCUT2D eigenvalue weighted by Gasteiger charge is -1.99. The SMILES string of the molecule is CCc1nc(C(=O)Nc2ncnn2C)n[nH]1. The zero-order chi connectivity index (χ0) is 11.5. The molecular formula is C8H11N7O. The number of amides is 1. The minimum atomic E-state index is -0.410. The minimum Gasteiger partial charge on any atom is -0.288 e. The third-order valence-electron chi connectivity index (χ3n) is 2.01. The summed E-state index contributed by atoms with van der Waals surface area (Å²) in [6.45, 7) is 1.92. The maximum atomic E-state index is 11.7. The molecule has 0 aromatic carbocycles. The van der Waals surface area contributed by atoms with Crippen molar-refractivity contribution >= 4 is 11.9 Å². The average Bonchev–Trinajstić information content (AvgIpc) is 2.88. The van der Waals surface area contributed by atoms with Crippen LogP contribution in [0.3, 0.4) is 0 Å². The van der Waals surface area contributed by atoms with Gasteiger partial charge in [0.1, 0.15) is 12.2 Å². The van der Waals surface area contributed by atoms with Crippen LogP contribution in [0.5, 0.6) is 0 Å². The second-order valence-corrected chi connectivity index (χ2v) is 3.12. The normalized spacial score (nSPS) is 10.4. The van der Waals surface area contributed by atoms with Gasteiger partial charge in [-0.2, -0.15) is 10.1 Å². The van der Waals surface area contributed by atoms with Crippen molar-refractivity contribution < 1.29 is 4.79 Å². The van der Waals surface area contributed by atoms with Crippen LogP contribution < -0.4 is 5.32 Å². The molecule has 0 bridgehead atoms. The number of carbonyl (C=O) groups is 1. The van der Waals surface area contributed by atoms with Crippen molar-refractivity contribution in [2.45, 2.75) is 13.3 Å². The number of H-pyrrole nitrogens is 1. The van der Waals surface area contributed by atoms with Gasteiger partial charge >= 0.3 is 0 Å². The monoisotopic (exact) mass is 221 g/mol. The summed E-state index contributed by atoms with van der Waals surface area (Å²) < 4.78 is 1.45. The lowest BCUT2D eigenvalue weighted by Crippen LogP contribution is -2.16. The second kappa shape index (κ2) is 4.09. The highest BCUT2D eigenvalue weighted by molar-refractivity contribution is 6.00. The van der Waals surface area contributed by atoms with E-state index in [1.54, 1.807) is 7.05 Å². The number of anilines is 1. The van der Waals surface area contributed by atoms with E-state index in [-0.39, 0.29) is 5.82 Å². The van der Waals surface area contributed by atoms with E-state index >= 15 is 0 Å². The van der Waals surface area contributed by atoms with Crippen LogP contribution in [-0.2, 0) is 13.5 Å². The number of aromatic nitrogens is 6. The van der Waals surface area contributed by atoms with Gasteiger partial charge in [-0.25, -0.2) is 9.67 Å². The van der Waals surface area contributed by atoms with Gasteiger partial charge in [0.05, 0.1) is 0 Å². The Morgan fingerprint density at radius 1 is 1.62 bits per heavy atom. The first-order valence-corrected chi connectivity index (χ1v) is 4.77. The molecule has 0 aliphatic heterocycles. The van der Waals surface area contributed by atoms with Crippen molar-refractivity contribution in [1.82, 2.24) is 29.9 Å². The Morgan fingerprint density at radius 3 is 3.00 bits per heavy atom. The lowest BCUT2D eigenvalue weighted by molar-refractivity contribution is 0.101. The molecule has 0 unspecified atom stereocenters. The molecule has 0 saturated carbocycles. The molecule has 0 saturated heterocycles. The molecule has 0 spiro atoms. The van der Waals surface area contributed by atoms with Crippen LogP contribution in [0.2, 0.25) is 0 Å². The molecule has 16 heavy (non-hydrogen) atoms. The summed E-state index contributed by atoms with van der Waals surface area (Å²) in [4.78, 5) is 19.5. The van der Waals surface area contributed by atoms with Crippen LogP contribution in [0, 0.1) is 0 Å². The van der Waals surface area contributed by atoms with Crippen molar-refractivity contribution in [3.05, 3.63) is 18.0 Å². The van der Waals surface area contributed by atoms with E-state index in [0.29, 0.717) is 18.2 Å². The zero-order valence-electron chi connectivity index (χ0n) is 8.93. The van der Waals surface area contributed by atoms with Gasteiger partial charge in [-0.05, 0) is 0 Å². The molecule has 1 amide bonds. The summed E-state index contributed by atoms with van der Waals surface area (Å²) in [5.41, 5.74) is 0. The largest absolute Gasteiger partial charge is 0.297 e. The van der Waals surface area contributed by atoms with Gasteiger partial charge < -0.3 is 0 Å². The van der Waals surface area contributed by atoms with Gasteiger partial charge in [-0.3, -0.25) is 15.2 Å². The zero-order valence-corrected chi connectivity index (χ0v) is 8.93. The van der Waals surface area contributed by atoms with E-state index in [2.05, 4.69) is 30.6 Å². The van der Waals surface area contributed by atoms with Crippen molar-refractivity contribution in [1.29, 1.82) is 0 Å². The van der Waals surface area contributed by atoms with Gasteiger partial charge in [0.15, 0.2) is 0 Å². The molecule has 0 atom stereocenters. The predicted octanol–water partition coefficient (Wildman–Crippen LogP) is -0.252. The first-order valence-electron chi connectivity index (χ1n) is 4.77. The van der Waals surface area contributed by atoms with Crippen LogP contribution in [0.4, 0.5) is 5.95 Å². The summed E-state index contributed by atoms with van der Waals surface area (Å²) in [6, 6.07) is 0. The first kappa shape index (κ1) is 10.3. The molecule has 0 fully saturated rings. The van der Waals surface area contributed by atoms with Crippen molar-refractivity contribution in [2.75, 3.05) is 5.32 Å². The number of hydrogen-bond donors (Lipinski definition) is 2. The molecule has 0 radical (unpaired) electrons. The highest BCUT2D eigenvalue weighted by atomic mass is 16.2. The van der Waals surface area contributed by atoms with Gasteiger partial charge in [0.2, 0.25) is 11.8 Å². The van der Waals surface area contributed by atoms with Gasteiger partial charge in [-0.15, -0.1) is 5.10 Å². The third kappa shape index (κ3) is 1.90. The number of nitrogens with zero attached hydrogens (tertiary/aromatic N) is 5. The van der Waals surface area contributed by atoms with Gasteiger partial charge in [0.25, 0.3) is 5.91 Å². The topological polar surface area (TPSA) is 101 Å². The van der Waals surface area contributed by atoms with E-state index in [1.807, 2.05) is 6.92 Å². The Balaban J connectivity index is 2.11. The predicted molar refractivity (Wildman–Crippen MR) is 54.7 cm³/mol. The molecule has 2 heterocycles. The number of carbonyl (C=O) groups excluding carboxylic acids is 1. The fourth-order valence-corrected chi connectivity index (χ4v) is 1.12. The van der Waals surface area contributed by atoms with E-state index in [0.717, 1.165) is 0 Å². The molecule has 2 N–H and O–H groups in total. The quantitative estimate of drug-likeness (QED) is 0.744. The number of hydrogen-bond acceptors (Lipinski definition) is 5. The number of rotatable bonds is 3. The van der Waals surface area contributed by atoms with Gasteiger partial charge in [-0.1, -0.05) is 6.92 Å². The maximum absolute atomic E-state index is 11.7. The van der Waals surface area contributed by atoms with Crippen molar-refractivity contribution in [3.63, 3.8) is 0 Å². The van der Waals surface area contributed by atoms with Crippen LogP contribution in [0.15, 0.2) is 6.33 Å². The van der Waals surface area contributed by atoms with Crippen molar-refractivity contribution in [3.8, 4) is 0 Å². The van der Waals surface area contributed by atoms with E-state index in [9.17, 15) is 4.79 Å².